The standard InChI is InChI=1S/C9H18O5S2/c1-2-14-9(15)16-8(11)7-13-6-5-12-4-3-10/h8,10-11H,2-7H2,1H3. The summed E-state index contributed by atoms with van der Waals surface area (Å²) < 4.78 is 15.4. The third-order valence-electron chi connectivity index (χ3n) is 1.36. The van der Waals surface area contributed by atoms with Crippen molar-refractivity contribution in [1.29, 1.82) is 0 Å². The van der Waals surface area contributed by atoms with Gasteiger partial charge in [-0.3, -0.25) is 0 Å². The van der Waals surface area contributed by atoms with Crippen LogP contribution >= 0.6 is 24.0 Å². The maximum Gasteiger partial charge on any atom is 0.222 e. The third kappa shape index (κ3) is 10.6. The maximum absolute atomic E-state index is 9.44. The van der Waals surface area contributed by atoms with Crippen molar-refractivity contribution in [3.05, 3.63) is 0 Å². The Labute approximate surface area is 105 Å². The average Bonchev–Trinajstić information content (AvgIpc) is 2.23. The lowest BCUT2D eigenvalue weighted by molar-refractivity contribution is 0.0168. The minimum Gasteiger partial charge on any atom is -0.479 e. The molecule has 0 bridgehead atoms. The molecule has 0 aromatic heterocycles. The van der Waals surface area contributed by atoms with Gasteiger partial charge in [0.2, 0.25) is 4.38 Å². The predicted octanol–water partition coefficient (Wildman–Crippen LogP) is 0.385. The van der Waals surface area contributed by atoms with Crippen molar-refractivity contribution < 1.29 is 24.4 Å². The molecule has 0 fully saturated rings. The molecule has 0 saturated heterocycles. The second kappa shape index (κ2) is 11.6. The number of rotatable bonds is 9. The number of ether oxygens (including phenoxy) is 3. The molecule has 1 unspecified atom stereocenters. The zero-order valence-electron chi connectivity index (χ0n) is 9.26. The van der Waals surface area contributed by atoms with E-state index in [1.165, 1.54) is 0 Å². The van der Waals surface area contributed by atoms with Crippen molar-refractivity contribution in [1.82, 2.24) is 0 Å². The molecule has 0 aliphatic carbocycles. The number of aliphatic hydroxyl groups is 2. The monoisotopic (exact) mass is 270 g/mol. The Balaban J connectivity index is 3.29. The largest absolute Gasteiger partial charge is 0.479 e. The molecule has 0 radical (unpaired) electrons. The van der Waals surface area contributed by atoms with Crippen LogP contribution in [0, 0.1) is 0 Å². The number of hydrogen-bond donors (Lipinski definition) is 2. The molecule has 5 nitrogen and oxygen atoms in total. The molecule has 96 valence electrons. The van der Waals surface area contributed by atoms with Gasteiger partial charge in [-0.05, 0) is 30.9 Å². The fraction of sp³-hybridized carbons (Fsp3) is 0.889. The topological polar surface area (TPSA) is 68.2 Å². The molecule has 0 aliphatic heterocycles. The maximum atomic E-state index is 9.44. The van der Waals surface area contributed by atoms with Gasteiger partial charge in [0.25, 0.3) is 0 Å². The lowest BCUT2D eigenvalue weighted by Gasteiger charge is -2.11. The number of thioether (sulfide) groups is 1. The highest BCUT2D eigenvalue weighted by Crippen LogP contribution is 2.12. The highest BCUT2D eigenvalue weighted by molar-refractivity contribution is 8.22. The predicted molar refractivity (Wildman–Crippen MR) is 66.5 cm³/mol. The Morgan fingerprint density at radius 3 is 2.62 bits per heavy atom. The van der Waals surface area contributed by atoms with E-state index in [4.69, 9.17) is 31.5 Å². The van der Waals surface area contributed by atoms with E-state index in [0.29, 0.717) is 30.8 Å². The van der Waals surface area contributed by atoms with E-state index in [9.17, 15) is 5.11 Å². The van der Waals surface area contributed by atoms with Crippen molar-refractivity contribution in [2.45, 2.75) is 12.4 Å². The van der Waals surface area contributed by atoms with Crippen LogP contribution in [-0.2, 0) is 14.2 Å². The second-order valence-corrected chi connectivity index (χ2v) is 4.45. The van der Waals surface area contributed by atoms with Crippen LogP contribution in [0.1, 0.15) is 6.92 Å². The summed E-state index contributed by atoms with van der Waals surface area (Å²) >= 11 is 5.89. The van der Waals surface area contributed by atoms with Gasteiger partial charge < -0.3 is 24.4 Å². The molecule has 2 N–H and O–H groups in total. The summed E-state index contributed by atoms with van der Waals surface area (Å²) in [6.45, 7) is 3.56. The number of thiocarbonyl (C=S) groups is 1. The van der Waals surface area contributed by atoms with Gasteiger partial charge in [-0.25, -0.2) is 0 Å². The summed E-state index contributed by atoms with van der Waals surface area (Å²) in [5.74, 6) is 0. The second-order valence-electron chi connectivity index (χ2n) is 2.67. The molecule has 7 heteroatoms. The molecule has 0 rings (SSSR count). The van der Waals surface area contributed by atoms with Gasteiger partial charge in [0.1, 0.15) is 5.44 Å². The number of hydrogen-bond acceptors (Lipinski definition) is 7. The molecule has 16 heavy (non-hydrogen) atoms. The molecule has 0 spiro atoms. The molecule has 0 heterocycles. The first kappa shape index (κ1) is 16.1. The Bertz CT molecular complexity index is 179. The van der Waals surface area contributed by atoms with Crippen LogP contribution in [0.2, 0.25) is 0 Å². The lowest BCUT2D eigenvalue weighted by Crippen LogP contribution is -2.16. The fourth-order valence-corrected chi connectivity index (χ4v) is 1.79. The highest BCUT2D eigenvalue weighted by Gasteiger charge is 2.09. The van der Waals surface area contributed by atoms with Crippen LogP contribution in [0.5, 0.6) is 0 Å². The first-order chi connectivity index (χ1) is 7.70. The molecule has 0 aromatic rings. The normalized spacial score (nSPS) is 12.4. The van der Waals surface area contributed by atoms with Gasteiger partial charge in [-0.2, -0.15) is 0 Å². The quantitative estimate of drug-likeness (QED) is 0.357. The van der Waals surface area contributed by atoms with E-state index in [1.807, 2.05) is 6.92 Å². The van der Waals surface area contributed by atoms with Gasteiger partial charge in [0, 0.05) is 0 Å². The van der Waals surface area contributed by atoms with Crippen molar-refractivity contribution in [3.8, 4) is 0 Å². The zero-order valence-corrected chi connectivity index (χ0v) is 10.9. The van der Waals surface area contributed by atoms with E-state index in [2.05, 4.69) is 0 Å². The molecular weight excluding hydrogens is 252 g/mol. The van der Waals surface area contributed by atoms with E-state index in [1.54, 1.807) is 0 Å². The number of aliphatic hydroxyl groups excluding tert-OH is 2. The SMILES string of the molecule is CCOC(=S)SC(O)COCCOCCO. The average molecular weight is 270 g/mol. The highest BCUT2D eigenvalue weighted by atomic mass is 32.2. The summed E-state index contributed by atoms with van der Waals surface area (Å²) in [5, 5.41) is 17.9. The van der Waals surface area contributed by atoms with Crippen molar-refractivity contribution in [2.24, 2.45) is 0 Å². The van der Waals surface area contributed by atoms with Gasteiger partial charge in [0.05, 0.1) is 39.6 Å². The minimum atomic E-state index is -0.725. The smallest absolute Gasteiger partial charge is 0.222 e. The Kier molecular flexibility index (Phi) is 11.6. The van der Waals surface area contributed by atoms with Gasteiger partial charge in [0.15, 0.2) is 0 Å². The first-order valence-electron chi connectivity index (χ1n) is 4.98. The fourth-order valence-electron chi connectivity index (χ4n) is 0.766. The van der Waals surface area contributed by atoms with Gasteiger partial charge in [-0.15, -0.1) is 0 Å². The summed E-state index contributed by atoms with van der Waals surface area (Å²) in [6.07, 6.45) is 0. The van der Waals surface area contributed by atoms with E-state index in [-0.39, 0.29) is 13.2 Å². The summed E-state index contributed by atoms with van der Waals surface area (Å²) in [5.41, 5.74) is -0.725. The molecule has 0 amide bonds. The van der Waals surface area contributed by atoms with Crippen LogP contribution in [0.4, 0.5) is 0 Å². The lowest BCUT2D eigenvalue weighted by atomic mass is 10.7. The summed E-state index contributed by atoms with van der Waals surface area (Å²) in [7, 11) is 0. The zero-order chi connectivity index (χ0) is 12.2. The van der Waals surface area contributed by atoms with Crippen LogP contribution in [0.3, 0.4) is 0 Å². The van der Waals surface area contributed by atoms with Crippen LogP contribution in [0.25, 0.3) is 0 Å². The molecule has 0 aromatic carbocycles. The van der Waals surface area contributed by atoms with Gasteiger partial charge >= 0.3 is 0 Å². The van der Waals surface area contributed by atoms with E-state index in [0.717, 1.165) is 11.8 Å². The minimum absolute atomic E-state index is 0.00110. The Hall–Kier alpha value is 0.0800. The Morgan fingerprint density at radius 2 is 2.00 bits per heavy atom. The third-order valence-corrected chi connectivity index (χ3v) is 2.49. The summed E-state index contributed by atoms with van der Waals surface area (Å²) in [6, 6.07) is 0. The van der Waals surface area contributed by atoms with Crippen LogP contribution < -0.4 is 0 Å². The molecular formula is C9H18O5S2. The van der Waals surface area contributed by atoms with Gasteiger partial charge in [-0.1, -0.05) is 0 Å². The van der Waals surface area contributed by atoms with Crippen molar-refractivity contribution in [2.75, 3.05) is 39.6 Å². The first-order valence-corrected chi connectivity index (χ1v) is 6.27. The summed E-state index contributed by atoms with van der Waals surface area (Å²) in [4.78, 5) is 0. The van der Waals surface area contributed by atoms with Crippen LogP contribution in [-0.4, -0.2) is 59.7 Å². The van der Waals surface area contributed by atoms with E-state index < -0.39 is 5.44 Å². The molecule has 1 atom stereocenters. The van der Waals surface area contributed by atoms with Crippen molar-refractivity contribution in [3.63, 3.8) is 0 Å². The Morgan fingerprint density at radius 1 is 1.31 bits per heavy atom. The molecule has 0 aliphatic rings. The molecule has 0 saturated carbocycles. The van der Waals surface area contributed by atoms with E-state index >= 15 is 0 Å². The van der Waals surface area contributed by atoms with Crippen molar-refractivity contribution >= 4 is 28.4 Å². The van der Waals surface area contributed by atoms with Crippen LogP contribution in [0.15, 0.2) is 0 Å².